The number of nitrogens with one attached hydrogen (secondary N) is 2. The van der Waals surface area contributed by atoms with Gasteiger partial charge >= 0.3 is 0 Å². The molecule has 0 spiro atoms. The summed E-state index contributed by atoms with van der Waals surface area (Å²) < 4.78 is 0. The van der Waals surface area contributed by atoms with Crippen LogP contribution in [0.2, 0.25) is 0 Å². The zero-order chi connectivity index (χ0) is 11.0. The van der Waals surface area contributed by atoms with E-state index in [1.807, 2.05) is 0 Å². The van der Waals surface area contributed by atoms with Gasteiger partial charge in [0.05, 0.1) is 0 Å². The molecular formula is C13H25N3. The summed E-state index contributed by atoms with van der Waals surface area (Å²) in [7, 11) is 0. The van der Waals surface area contributed by atoms with Crippen LogP contribution in [0.4, 0.5) is 0 Å². The maximum absolute atomic E-state index is 3.76. The van der Waals surface area contributed by atoms with E-state index < -0.39 is 0 Å². The van der Waals surface area contributed by atoms with Crippen molar-refractivity contribution < 1.29 is 0 Å². The minimum absolute atomic E-state index is 0.718. The highest BCUT2D eigenvalue weighted by atomic mass is 15.2. The molecule has 2 saturated heterocycles. The molecule has 2 aliphatic heterocycles. The Balaban J connectivity index is 1.39. The van der Waals surface area contributed by atoms with E-state index in [-0.39, 0.29) is 0 Å². The van der Waals surface area contributed by atoms with Crippen LogP contribution < -0.4 is 10.6 Å². The fraction of sp³-hybridized carbons (Fsp3) is 1.00. The molecule has 1 aliphatic carbocycles. The first kappa shape index (κ1) is 11.0. The highest BCUT2D eigenvalue weighted by Gasteiger charge is 2.34. The van der Waals surface area contributed by atoms with Gasteiger partial charge in [-0.25, -0.2) is 0 Å². The van der Waals surface area contributed by atoms with Gasteiger partial charge in [0.2, 0.25) is 0 Å². The predicted molar refractivity (Wildman–Crippen MR) is 66.6 cm³/mol. The molecular weight excluding hydrogens is 198 g/mol. The third-order valence-electron chi connectivity index (χ3n) is 4.60. The van der Waals surface area contributed by atoms with E-state index in [2.05, 4.69) is 22.5 Å². The first-order valence-corrected chi connectivity index (χ1v) is 7.04. The number of rotatable bonds is 4. The summed E-state index contributed by atoms with van der Waals surface area (Å²) in [5.41, 5.74) is 0. The Morgan fingerprint density at radius 2 is 2.12 bits per heavy atom. The van der Waals surface area contributed by atoms with Gasteiger partial charge in [-0.15, -0.1) is 0 Å². The van der Waals surface area contributed by atoms with Crippen LogP contribution >= 0.6 is 0 Å². The van der Waals surface area contributed by atoms with Crippen LogP contribution in [0.1, 0.15) is 32.6 Å². The molecule has 0 radical (unpaired) electrons. The van der Waals surface area contributed by atoms with Crippen LogP contribution in [-0.2, 0) is 0 Å². The lowest BCUT2D eigenvalue weighted by Gasteiger charge is -2.20. The Morgan fingerprint density at radius 1 is 1.25 bits per heavy atom. The molecule has 0 amide bonds. The Hall–Kier alpha value is -0.120. The lowest BCUT2D eigenvalue weighted by molar-refractivity contribution is 0.314. The number of hydrogen-bond donors (Lipinski definition) is 2. The zero-order valence-electron chi connectivity index (χ0n) is 10.4. The molecule has 0 aromatic rings. The molecule has 3 aliphatic rings. The molecule has 16 heavy (non-hydrogen) atoms. The van der Waals surface area contributed by atoms with Crippen molar-refractivity contribution >= 4 is 0 Å². The normalized spacial score (nSPS) is 40.7. The van der Waals surface area contributed by atoms with E-state index in [0.717, 1.165) is 24.0 Å². The molecule has 0 bridgehead atoms. The van der Waals surface area contributed by atoms with Crippen molar-refractivity contribution in [3.63, 3.8) is 0 Å². The highest BCUT2D eigenvalue weighted by molar-refractivity contribution is 4.93. The predicted octanol–water partition coefficient (Wildman–Crippen LogP) is 0.811. The SMILES string of the molecule is CC1CCNC1CNC1CCN(C2CC2)C1. The molecule has 3 nitrogen and oxygen atoms in total. The third kappa shape index (κ3) is 2.41. The van der Waals surface area contributed by atoms with Crippen LogP contribution in [-0.4, -0.2) is 49.2 Å². The van der Waals surface area contributed by atoms with Crippen molar-refractivity contribution in [2.45, 2.75) is 50.7 Å². The number of nitrogens with zero attached hydrogens (tertiary/aromatic N) is 1. The molecule has 2 N–H and O–H groups in total. The van der Waals surface area contributed by atoms with E-state index in [4.69, 9.17) is 0 Å². The molecule has 3 fully saturated rings. The maximum atomic E-state index is 3.76. The van der Waals surface area contributed by atoms with Crippen LogP contribution in [0, 0.1) is 5.92 Å². The second-order valence-electron chi connectivity index (χ2n) is 5.95. The van der Waals surface area contributed by atoms with E-state index in [1.165, 1.54) is 51.9 Å². The van der Waals surface area contributed by atoms with Gasteiger partial charge in [-0.3, -0.25) is 4.90 Å². The highest BCUT2D eigenvalue weighted by Crippen LogP contribution is 2.29. The average molecular weight is 223 g/mol. The smallest absolute Gasteiger partial charge is 0.0218 e. The summed E-state index contributed by atoms with van der Waals surface area (Å²) >= 11 is 0. The Bertz CT molecular complexity index is 239. The first-order valence-electron chi connectivity index (χ1n) is 7.04. The van der Waals surface area contributed by atoms with Crippen molar-refractivity contribution in [1.29, 1.82) is 0 Å². The van der Waals surface area contributed by atoms with Gasteiger partial charge in [0.1, 0.15) is 0 Å². The van der Waals surface area contributed by atoms with Gasteiger partial charge in [-0.2, -0.15) is 0 Å². The molecule has 3 rings (SSSR count). The molecule has 3 unspecified atom stereocenters. The van der Waals surface area contributed by atoms with Crippen molar-refractivity contribution in [3.8, 4) is 0 Å². The Morgan fingerprint density at radius 3 is 2.81 bits per heavy atom. The summed E-state index contributed by atoms with van der Waals surface area (Å²) in [5.74, 6) is 0.855. The van der Waals surface area contributed by atoms with Gasteiger partial charge in [-0.05, 0) is 38.1 Å². The van der Waals surface area contributed by atoms with Gasteiger partial charge in [0.15, 0.2) is 0 Å². The van der Waals surface area contributed by atoms with Crippen molar-refractivity contribution in [2.75, 3.05) is 26.2 Å². The van der Waals surface area contributed by atoms with Crippen LogP contribution in [0.25, 0.3) is 0 Å². The van der Waals surface area contributed by atoms with Gasteiger partial charge < -0.3 is 10.6 Å². The van der Waals surface area contributed by atoms with Crippen LogP contribution in [0.5, 0.6) is 0 Å². The zero-order valence-corrected chi connectivity index (χ0v) is 10.4. The standard InChI is InChI=1S/C13H25N3/c1-10-4-6-14-13(10)8-15-11-5-7-16(9-11)12-2-3-12/h10-15H,2-9H2,1H3. The van der Waals surface area contributed by atoms with Crippen molar-refractivity contribution in [2.24, 2.45) is 5.92 Å². The monoisotopic (exact) mass is 223 g/mol. The van der Waals surface area contributed by atoms with Crippen LogP contribution in [0.15, 0.2) is 0 Å². The Kier molecular flexibility index (Phi) is 3.18. The summed E-state index contributed by atoms with van der Waals surface area (Å²) in [6.45, 7) is 7.38. The quantitative estimate of drug-likeness (QED) is 0.738. The summed E-state index contributed by atoms with van der Waals surface area (Å²) in [5, 5.41) is 7.36. The molecule has 92 valence electrons. The second-order valence-corrected chi connectivity index (χ2v) is 5.95. The van der Waals surface area contributed by atoms with Gasteiger partial charge in [-0.1, -0.05) is 6.92 Å². The maximum Gasteiger partial charge on any atom is 0.0218 e. The second kappa shape index (κ2) is 4.63. The van der Waals surface area contributed by atoms with Gasteiger partial charge in [0, 0.05) is 37.8 Å². The fourth-order valence-corrected chi connectivity index (χ4v) is 3.19. The third-order valence-corrected chi connectivity index (χ3v) is 4.60. The topological polar surface area (TPSA) is 27.3 Å². The fourth-order valence-electron chi connectivity index (χ4n) is 3.19. The lowest BCUT2D eigenvalue weighted by Crippen LogP contribution is -2.42. The van der Waals surface area contributed by atoms with Gasteiger partial charge in [0.25, 0.3) is 0 Å². The van der Waals surface area contributed by atoms with E-state index >= 15 is 0 Å². The van der Waals surface area contributed by atoms with E-state index in [1.54, 1.807) is 0 Å². The molecule has 1 saturated carbocycles. The molecule has 0 aromatic carbocycles. The number of hydrogen-bond acceptors (Lipinski definition) is 3. The van der Waals surface area contributed by atoms with Crippen LogP contribution in [0.3, 0.4) is 0 Å². The summed E-state index contributed by atoms with van der Waals surface area (Å²) in [6, 6.07) is 2.43. The number of likely N-dealkylation sites (tertiary alicyclic amines) is 1. The minimum atomic E-state index is 0.718. The molecule has 3 atom stereocenters. The average Bonchev–Trinajstić information content (AvgIpc) is 2.89. The largest absolute Gasteiger partial charge is 0.312 e. The van der Waals surface area contributed by atoms with E-state index in [0.29, 0.717) is 0 Å². The lowest BCUT2D eigenvalue weighted by atomic mass is 10.0. The van der Waals surface area contributed by atoms with Crippen molar-refractivity contribution in [3.05, 3.63) is 0 Å². The molecule has 2 heterocycles. The summed E-state index contributed by atoms with van der Waals surface area (Å²) in [6.07, 6.45) is 5.62. The summed E-state index contributed by atoms with van der Waals surface area (Å²) in [4.78, 5) is 2.68. The molecule has 3 heteroatoms. The van der Waals surface area contributed by atoms with Crippen molar-refractivity contribution in [1.82, 2.24) is 15.5 Å². The minimum Gasteiger partial charge on any atom is -0.312 e. The van der Waals surface area contributed by atoms with E-state index in [9.17, 15) is 0 Å². The Labute approximate surface area is 99.0 Å². The first-order chi connectivity index (χ1) is 7.83. The molecule has 0 aromatic heterocycles.